The van der Waals surface area contributed by atoms with Crippen molar-refractivity contribution in [2.45, 2.75) is 0 Å². The van der Waals surface area contributed by atoms with Gasteiger partial charge in [0, 0.05) is 16.3 Å². The number of hydrogen-bond acceptors (Lipinski definition) is 10. The second-order valence-corrected chi connectivity index (χ2v) is 6.91. The van der Waals surface area contributed by atoms with E-state index in [1.807, 2.05) is 0 Å². The Bertz CT molecular complexity index is 1280. The van der Waals surface area contributed by atoms with E-state index < -0.39 is 23.3 Å². The van der Waals surface area contributed by atoms with Gasteiger partial charge in [0.15, 0.2) is 23.0 Å². The van der Waals surface area contributed by atoms with Gasteiger partial charge >= 0.3 is 11.9 Å². The quantitative estimate of drug-likeness (QED) is 0.493. The highest BCUT2D eigenvalue weighted by atomic mass is 16.5. The third-order valence-corrected chi connectivity index (χ3v) is 5.32. The standard InChI is InChI=1S/C24H24O10/c1-29-14-8-7-11(9-13(14)25)16-17-12(10-15(30-2)21(31-3)22(17)32-4)20(26)19(24(28)34-6)18(16)23(27)33-5/h7-10,25-26H,1-6H3. The van der Waals surface area contributed by atoms with Gasteiger partial charge in [0.2, 0.25) is 5.75 Å². The van der Waals surface area contributed by atoms with Crippen LogP contribution in [-0.4, -0.2) is 64.8 Å². The number of fused-ring (bicyclic) bond motifs is 1. The average molecular weight is 472 g/mol. The summed E-state index contributed by atoms with van der Waals surface area (Å²) >= 11 is 0. The number of hydrogen-bond donors (Lipinski definition) is 2. The lowest BCUT2D eigenvalue weighted by molar-refractivity contribution is 0.0553. The van der Waals surface area contributed by atoms with Crippen LogP contribution in [0.1, 0.15) is 20.7 Å². The molecule has 3 rings (SSSR count). The fraction of sp³-hybridized carbons (Fsp3) is 0.250. The highest BCUT2D eigenvalue weighted by Gasteiger charge is 2.33. The minimum Gasteiger partial charge on any atom is -0.506 e. The van der Waals surface area contributed by atoms with Crippen molar-refractivity contribution in [1.29, 1.82) is 0 Å². The number of benzene rings is 3. The molecule has 10 heteroatoms. The van der Waals surface area contributed by atoms with E-state index in [0.717, 1.165) is 14.2 Å². The number of phenols is 2. The molecular weight excluding hydrogens is 448 g/mol. The van der Waals surface area contributed by atoms with Crippen molar-refractivity contribution in [2.24, 2.45) is 0 Å². The summed E-state index contributed by atoms with van der Waals surface area (Å²) in [5.74, 6) is -2.01. The molecule has 0 saturated carbocycles. The van der Waals surface area contributed by atoms with Crippen molar-refractivity contribution in [2.75, 3.05) is 42.7 Å². The highest BCUT2D eigenvalue weighted by Crippen LogP contribution is 2.52. The second kappa shape index (κ2) is 9.65. The molecule has 0 amide bonds. The van der Waals surface area contributed by atoms with Gasteiger partial charge in [0.05, 0.1) is 48.2 Å². The molecule has 0 fully saturated rings. The molecule has 0 spiro atoms. The molecule has 0 saturated heterocycles. The molecule has 0 heterocycles. The summed E-state index contributed by atoms with van der Waals surface area (Å²) in [5.41, 5.74) is -0.314. The number of esters is 2. The number of aromatic hydroxyl groups is 2. The van der Waals surface area contributed by atoms with Gasteiger partial charge in [0.25, 0.3) is 0 Å². The van der Waals surface area contributed by atoms with E-state index in [1.54, 1.807) is 6.07 Å². The first-order chi connectivity index (χ1) is 16.3. The van der Waals surface area contributed by atoms with Gasteiger partial charge in [-0.1, -0.05) is 6.07 Å². The summed E-state index contributed by atoms with van der Waals surface area (Å²) in [6.07, 6.45) is 0. The third kappa shape index (κ3) is 3.72. The normalized spacial score (nSPS) is 10.5. The lowest BCUT2D eigenvalue weighted by atomic mass is 9.87. The molecule has 10 nitrogen and oxygen atoms in total. The molecule has 0 unspecified atom stereocenters. The summed E-state index contributed by atoms with van der Waals surface area (Å²) in [5, 5.41) is 21.9. The smallest absolute Gasteiger partial charge is 0.342 e. The molecule has 0 aliphatic rings. The number of rotatable bonds is 7. The molecule has 34 heavy (non-hydrogen) atoms. The average Bonchev–Trinajstić information content (AvgIpc) is 2.86. The largest absolute Gasteiger partial charge is 0.506 e. The number of carbonyl (C=O) groups is 2. The van der Waals surface area contributed by atoms with E-state index in [4.69, 9.17) is 28.4 Å². The lowest BCUT2D eigenvalue weighted by Crippen LogP contribution is -2.15. The zero-order valence-corrected chi connectivity index (χ0v) is 19.5. The topological polar surface area (TPSA) is 130 Å². The van der Waals surface area contributed by atoms with Crippen LogP contribution >= 0.6 is 0 Å². The van der Waals surface area contributed by atoms with Gasteiger partial charge in [-0.15, -0.1) is 0 Å². The SMILES string of the molecule is COC(=O)c1c(C(=O)OC)c(-c2ccc(OC)c(O)c2)c2c(OC)c(OC)c(OC)cc2c1O. The molecule has 3 aromatic rings. The number of methoxy groups -OCH3 is 6. The van der Waals surface area contributed by atoms with Crippen LogP contribution in [-0.2, 0) is 9.47 Å². The van der Waals surface area contributed by atoms with E-state index in [1.165, 1.54) is 46.6 Å². The van der Waals surface area contributed by atoms with Crippen molar-refractivity contribution >= 4 is 22.7 Å². The van der Waals surface area contributed by atoms with Gasteiger partial charge in [0.1, 0.15) is 11.3 Å². The molecule has 0 aromatic heterocycles. The first kappa shape index (κ1) is 24.3. The van der Waals surface area contributed by atoms with Crippen molar-refractivity contribution in [3.8, 4) is 45.6 Å². The molecule has 2 N–H and O–H groups in total. The van der Waals surface area contributed by atoms with Crippen LogP contribution in [0.2, 0.25) is 0 Å². The van der Waals surface area contributed by atoms with Gasteiger partial charge in [-0.25, -0.2) is 9.59 Å². The van der Waals surface area contributed by atoms with Crippen LogP contribution in [0.15, 0.2) is 24.3 Å². The van der Waals surface area contributed by atoms with E-state index in [9.17, 15) is 19.8 Å². The fourth-order valence-corrected chi connectivity index (χ4v) is 3.84. The lowest BCUT2D eigenvalue weighted by Gasteiger charge is -2.22. The highest BCUT2D eigenvalue weighted by molar-refractivity contribution is 6.20. The van der Waals surface area contributed by atoms with Gasteiger partial charge < -0.3 is 38.6 Å². The second-order valence-electron chi connectivity index (χ2n) is 6.91. The van der Waals surface area contributed by atoms with Crippen LogP contribution in [0.3, 0.4) is 0 Å². The summed E-state index contributed by atoms with van der Waals surface area (Å²) < 4.78 is 31.4. The Morgan fingerprint density at radius 1 is 0.706 bits per heavy atom. The van der Waals surface area contributed by atoms with Gasteiger partial charge in [-0.3, -0.25) is 0 Å². The molecule has 0 bridgehead atoms. The first-order valence-corrected chi connectivity index (χ1v) is 9.85. The van der Waals surface area contributed by atoms with Crippen LogP contribution in [0.25, 0.3) is 21.9 Å². The Hall–Kier alpha value is -4.34. The molecule has 0 atom stereocenters. The Balaban J connectivity index is 2.72. The summed E-state index contributed by atoms with van der Waals surface area (Å²) in [4.78, 5) is 25.8. The van der Waals surface area contributed by atoms with Crippen molar-refractivity contribution in [3.63, 3.8) is 0 Å². The number of phenolic OH excluding ortho intramolecular Hbond substituents is 2. The van der Waals surface area contributed by atoms with E-state index in [-0.39, 0.29) is 50.6 Å². The maximum absolute atomic E-state index is 13.0. The van der Waals surface area contributed by atoms with Gasteiger partial charge in [-0.05, 0) is 23.8 Å². The zero-order valence-electron chi connectivity index (χ0n) is 19.5. The maximum Gasteiger partial charge on any atom is 0.342 e. The molecule has 180 valence electrons. The van der Waals surface area contributed by atoms with E-state index in [0.29, 0.717) is 5.56 Å². The molecule has 0 aliphatic heterocycles. The molecule has 3 aromatic carbocycles. The Kier molecular flexibility index (Phi) is 6.90. The zero-order chi connectivity index (χ0) is 25.2. The van der Waals surface area contributed by atoms with Crippen LogP contribution in [0.4, 0.5) is 0 Å². The first-order valence-electron chi connectivity index (χ1n) is 9.85. The summed E-state index contributed by atoms with van der Waals surface area (Å²) in [7, 11) is 7.80. The Morgan fingerprint density at radius 2 is 1.29 bits per heavy atom. The number of carbonyl (C=O) groups excluding carboxylic acids is 2. The predicted molar refractivity (Wildman–Crippen MR) is 122 cm³/mol. The maximum atomic E-state index is 13.0. The minimum absolute atomic E-state index is 0.105. The summed E-state index contributed by atoms with van der Waals surface area (Å²) in [6, 6.07) is 5.82. The fourth-order valence-electron chi connectivity index (χ4n) is 3.84. The number of ether oxygens (including phenoxy) is 6. The molecule has 0 radical (unpaired) electrons. The van der Waals surface area contributed by atoms with Crippen LogP contribution in [0.5, 0.6) is 34.5 Å². The summed E-state index contributed by atoms with van der Waals surface area (Å²) in [6.45, 7) is 0. The van der Waals surface area contributed by atoms with E-state index >= 15 is 0 Å². The van der Waals surface area contributed by atoms with Crippen LogP contribution in [0, 0.1) is 0 Å². The van der Waals surface area contributed by atoms with Crippen LogP contribution < -0.4 is 18.9 Å². The Labute approximate surface area is 195 Å². The van der Waals surface area contributed by atoms with E-state index in [2.05, 4.69) is 0 Å². The predicted octanol–water partition coefficient (Wildman–Crippen LogP) is 3.53. The van der Waals surface area contributed by atoms with Crippen molar-refractivity contribution < 1.29 is 48.2 Å². The third-order valence-electron chi connectivity index (χ3n) is 5.32. The monoisotopic (exact) mass is 472 g/mol. The molecular formula is C24H24O10. The van der Waals surface area contributed by atoms with Crippen molar-refractivity contribution in [3.05, 3.63) is 35.4 Å². The minimum atomic E-state index is -0.979. The molecule has 0 aliphatic carbocycles. The van der Waals surface area contributed by atoms with Gasteiger partial charge in [-0.2, -0.15) is 0 Å². The Morgan fingerprint density at radius 3 is 1.79 bits per heavy atom. The van der Waals surface area contributed by atoms with Crippen molar-refractivity contribution in [1.82, 2.24) is 0 Å².